The van der Waals surface area contributed by atoms with Crippen molar-refractivity contribution in [2.45, 2.75) is 32.6 Å². The maximum atomic E-state index is 5.81. The number of aromatic nitrogens is 4. The third kappa shape index (κ3) is 3.78. The molecule has 0 amide bonds. The number of hydrogen-bond acceptors (Lipinski definition) is 7. The van der Waals surface area contributed by atoms with Crippen LogP contribution in [0.25, 0.3) is 0 Å². The molecular formula is C19H21N5O2. The van der Waals surface area contributed by atoms with Crippen LogP contribution in [0.1, 0.15) is 31.5 Å². The van der Waals surface area contributed by atoms with Crippen LogP contribution in [-0.4, -0.2) is 26.2 Å². The van der Waals surface area contributed by atoms with Crippen LogP contribution in [0.15, 0.2) is 49.1 Å². The Labute approximate surface area is 153 Å². The van der Waals surface area contributed by atoms with E-state index < -0.39 is 0 Å². The van der Waals surface area contributed by atoms with E-state index in [0.29, 0.717) is 11.5 Å². The van der Waals surface area contributed by atoms with E-state index in [0.717, 1.165) is 29.3 Å². The van der Waals surface area contributed by atoms with Crippen molar-refractivity contribution in [1.29, 1.82) is 0 Å². The molecule has 0 radical (unpaired) electrons. The van der Waals surface area contributed by atoms with Crippen LogP contribution in [0.3, 0.4) is 0 Å². The summed E-state index contributed by atoms with van der Waals surface area (Å²) in [5.74, 6) is 2.07. The Balaban J connectivity index is 0.00000210. The van der Waals surface area contributed by atoms with Crippen LogP contribution >= 0.6 is 0 Å². The molecule has 4 heterocycles. The zero-order chi connectivity index (χ0) is 17.9. The monoisotopic (exact) mass is 351 g/mol. The summed E-state index contributed by atoms with van der Waals surface area (Å²) >= 11 is 0. The Bertz CT molecular complexity index is 910. The highest BCUT2D eigenvalue weighted by atomic mass is 16.6. The highest BCUT2D eigenvalue weighted by Crippen LogP contribution is 2.39. The van der Waals surface area contributed by atoms with Crippen molar-refractivity contribution in [1.82, 2.24) is 19.9 Å². The molecule has 4 rings (SSSR count). The molecule has 3 aromatic rings. The lowest BCUT2D eigenvalue weighted by molar-refractivity contribution is 0.381. The molecule has 0 spiro atoms. The standard InChI is InChI=1S/C19H19N5O2.H2/c1-3-13-5-4-6-17(23-13)24-19-18(26-19)16-8-14(7-12(2)22-16)25-15-9-20-11-21-10-15;/h4-11,18-19H,3H2,1-2H3,(H,23,24);1H. The Morgan fingerprint density at radius 1 is 1.15 bits per heavy atom. The van der Waals surface area contributed by atoms with Crippen molar-refractivity contribution < 1.29 is 10.9 Å². The summed E-state index contributed by atoms with van der Waals surface area (Å²) in [6.07, 6.45) is 5.33. The number of epoxide rings is 1. The fourth-order valence-corrected chi connectivity index (χ4v) is 2.69. The average Bonchev–Trinajstić information content (AvgIpc) is 3.41. The molecule has 0 bridgehead atoms. The number of nitrogens with zero attached hydrogens (tertiary/aromatic N) is 4. The topological polar surface area (TPSA) is 85.4 Å². The summed E-state index contributed by atoms with van der Waals surface area (Å²) in [6.45, 7) is 4.01. The molecule has 2 atom stereocenters. The zero-order valence-corrected chi connectivity index (χ0v) is 14.6. The summed E-state index contributed by atoms with van der Waals surface area (Å²) in [4.78, 5) is 17.0. The van der Waals surface area contributed by atoms with E-state index in [9.17, 15) is 0 Å². The second-order valence-corrected chi connectivity index (χ2v) is 6.03. The van der Waals surface area contributed by atoms with Crippen LogP contribution in [0.4, 0.5) is 5.82 Å². The molecule has 0 saturated carbocycles. The van der Waals surface area contributed by atoms with Gasteiger partial charge in [0.15, 0.2) is 12.0 Å². The van der Waals surface area contributed by atoms with Crippen LogP contribution < -0.4 is 10.1 Å². The van der Waals surface area contributed by atoms with Crippen LogP contribution in [0.2, 0.25) is 0 Å². The van der Waals surface area contributed by atoms with Crippen molar-refractivity contribution >= 4 is 5.82 Å². The zero-order valence-electron chi connectivity index (χ0n) is 14.6. The van der Waals surface area contributed by atoms with Crippen molar-refractivity contribution in [3.8, 4) is 11.5 Å². The van der Waals surface area contributed by atoms with Crippen molar-refractivity contribution in [2.75, 3.05) is 5.32 Å². The van der Waals surface area contributed by atoms with E-state index in [1.165, 1.54) is 6.33 Å². The number of anilines is 1. The van der Waals surface area contributed by atoms with E-state index in [1.807, 2.05) is 37.3 Å². The third-order valence-corrected chi connectivity index (χ3v) is 3.96. The van der Waals surface area contributed by atoms with Gasteiger partial charge in [0.25, 0.3) is 0 Å². The molecule has 0 aromatic carbocycles. The molecule has 1 aliphatic rings. The minimum absolute atomic E-state index is 0. The number of pyridine rings is 2. The van der Waals surface area contributed by atoms with Crippen molar-refractivity contribution in [3.63, 3.8) is 0 Å². The molecule has 0 aliphatic carbocycles. The van der Waals surface area contributed by atoms with Gasteiger partial charge in [-0.3, -0.25) is 4.98 Å². The third-order valence-electron chi connectivity index (χ3n) is 3.96. The first-order chi connectivity index (χ1) is 12.7. The van der Waals surface area contributed by atoms with Crippen LogP contribution in [-0.2, 0) is 11.2 Å². The van der Waals surface area contributed by atoms with Crippen LogP contribution in [0.5, 0.6) is 11.5 Å². The molecule has 26 heavy (non-hydrogen) atoms. The Morgan fingerprint density at radius 2 is 2.00 bits per heavy atom. The van der Waals surface area contributed by atoms with Crippen LogP contribution in [0, 0.1) is 6.92 Å². The average molecular weight is 351 g/mol. The molecule has 1 saturated heterocycles. The van der Waals surface area contributed by atoms with Gasteiger partial charge in [-0.25, -0.2) is 15.0 Å². The normalized spacial score (nSPS) is 18.4. The smallest absolute Gasteiger partial charge is 0.163 e. The molecule has 134 valence electrons. The summed E-state index contributed by atoms with van der Waals surface area (Å²) in [5.41, 5.74) is 2.72. The molecule has 2 unspecified atom stereocenters. The lowest BCUT2D eigenvalue weighted by atomic mass is 10.2. The predicted molar refractivity (Wildman–Crippen MR) is 98.0 cm³/mol. The van der Waals surface area contributed by atoms with Gasteiger partial charge in [-0.15, -0.1) is 0 Å². The number of nitrogens with one attached hydrogen (secondary N) is 1. The van der Waals surface area contributed by atoms with E-state index in [1.54, 1.807) is 12.4 Å². The molecule has 7 heteroatoms. The Kier molecular flexibility index (Phi) is 4.45. The summed E-state index contributed by atoms with van der Waals surface area (Å²) in [7, 11) is 0. The highest BCUT2D eigenvalue weighted by Gasteiger charge is 2.42. The largest absolute Gasteiger partial charge is 0.454 e. The van der Waals surface area contributed by atoms with E-state index >= 15 is 0 Å². The fraction of sp³-hybridized carbons (Fsp3) is 0.263. The van der Waals surface area contributed by atoms with Gasteiger partial charge in [0.2, 0.25) is 0 Å². The predicted octanol–water partition coefficient (Wildman–Crippen LogP) is 3.69. The number of rotatable bonds is 6. The van der Waals surface area contributed by atoms with Crippen molar-refractivity contribution in [3.05, 3.63) is 66.1 Å². The van der Waals surface area contributed by atoms with E-state index in [-0.39, 0.29) is 13.8 Å². The Morgan fingerprint density at radius 3 is 2.81 bits per heavy atom. The molecule has 1 fully saturated rings. The van der Waals surface area contributed by atoms with E-state index in [2.05, 4.69) is 32.2 Å². The molecular weight excluding hydrogens is 330 g/mol. The second-order valence-electron chi connectivity index (χ2n) is 6.03. The maximum Gasteiger partial charge on any atom is 0.163 e. The van der Waals surface area contributed by atoms with Gasteiger partial charge in [-0.2, -0.15) is 0 Å². The Hall–Kier alpha value is -3.06. The van der Waals surface area contributed by atoms with Gasteiger partial charge < -0.3 is 14.8 Å². The summed E-state index contributed by atoms with van der Waals surface area (Å²) in [5, 5.41) is 3.29. The van der Waals surface area contributed by atoms with Gasteiger partial charge in [0, 0.05) is 24.9 Å². The van der Waals surface area contributed by atoms with Gasteiger partial charge in [-0.05, 0) is 25.5 Å². The SMILES string of the molecule is CCc1cccc(NC2OC2c2cc(Oc3cncnc3)cc(C)n2)n1.[HH]. The highest BCUT2D eigenvalue weighted by molar-refractivity contribution is 5.39. The lowest BCUT2D eigenvalue weighted by Gasteiger charge is -2.07. The minimum atomic E-state index is -0.142. The first-order valence-corrected chi connectivity index (χ1v) is 8.50. The van der Waals surface area contributed by atoms with Gasteiger partial charge in [0.05, 0.1) is 18.1 Å². The second kappa shape index (κ2) is 7.05. The summed E-state index contributed by atoms with van der Waals surface area (Å²) < 4.78 is 11.6. The molecule has 3 aromatic heterocycles. The fourth-order valence-electron chi connectivity index (χ4n) is 2.69. The first-order valence-electron chi connectivity index (χ1n) is 8.50. The summed E-state index contributed by atoms with van der Waals surface area (Å²) in [6, 6.07) is 9.68. The number of aryl methyl sites for hydroxylation is 2. The maximum absolute atomic E-state index is 5.81. The van der Waals surface area contributed by atoms with E-state index in [4.69, 9.17) is 9.47 Å². The molecule has 1 N–H and O–H groups in total. The first kappa shape index (κ1) is 16.4. The van der Waals surface area contributed by atoms with Gasteiger partial charge >= 0.3 is 0 Å². The quantitative estimate of drug-likeness (QED) is 0.678. The molecule has 1 aliphatic heterocycles. The lowest BCUT2D eigenvalue weighted by Crippen LogP contribution is -2.07. The van der Waals surface area contributed by atoms with Gasteiger partial charge in [-0.1, -0.05) is 13.0 Å². The van der Waals surface area contributed by atoms with Crippen molar-refractivity contribution in [2.24, 2.45) is 0 Å². The minimum Gasteiger partial charge on any atom is -0.454 e. The molecule has 7 nitrogen and oxygen atoms in total. The number of hydrogen-bond donors (Lipinski definition) is 1. The van der Waals surface area contributed by atoms with Gasteiger partial charge in [0.1, 0.15) is 24.0 Å². The number of ether oxygens (including phenoxy) is 2.